The molecule has 0 radical (unpaired) electrons. The summed E-state index contributed by atoms with van der Waals surface area (Å²) in [7, 11) is 0. The lowest BCUT2D eigenvalue weighted by Crippen LogP contribution is -2.41. The third kappa shape index (κ3) is 1.75. The third-order valence-electron chi connectivity index (χ3n) is 4.79. The van der Waals surface area contributed by atoms with Gasteiger partial charge in [-0.2, -0.15) is 0 Å². The first-order valence-corrected chi connectivity index (χ1v) is 6.45. The summed E-state index contributed by atoms with van der Waals surface area (Å²) in [5.41, 5.74) is 2.73. The maximum absolute atomic E-state index is 10.2. The van der Waals surface area contributed by atoms with Crippen molar-refractivity contribution >= 4 is 0 Å². The predicted molar refractivity (Wildman–Crippen MR) is 68.1 cm³/mol. The van der Waals surface area contributed by atoms with Crippen molar-refractivity contribution in [2.75, 3.05) is 0 Å². The van der Waals surface area contributed by atoms with Gasteiger partial charge in [0.05, 0.1) is 6.10 Å². The van der Waals surface area contributed by atoms with Crippen molar-refractivity contribution in [3.8, 4) is 0 Å². The molecule has 2 fully saturated rings. The van der Waals surface area contributed by atoms with Crippen LogP contribution in [0.25, 0.3) is 0 Å². The third-order valence-corrected chi connectivity index (χ3v) is 4.79. The molecule has 90 valence electrons. The molecule has 16 heavy (non-hydrogen) atoms. The Labute approximate surface area is 99.3 Å². The van der Waals surface area contributed by atoms with Crippen molar-refractivity contribution in [2.45, 2.75) is 52.1 Å². The summed E-state index contributed by atoms with van der Waals surface area (Å²) in [6, 6.07) is 0. The van der Waals surface area contributed by atoms with Crippen LogP contribution in [-0.2, 0) is 0 Å². The second-order valence-electron chi connectivity index (χ2n) is 6.16. The van der Waals surface area contributed by atoms with Gasteiger partial charge < -0.3 is 5.11 Å². The van der Waals surface area contributed by atoms with E-state index >= 15 is 0 Å². The molecule has 0 spiro atoms. The van der Waals surface area contributed by atoms with Gasteiger partial charge in [0.2, 0.25) is 0 Å². The minimum atomic E-state index is -0.127. The van der Waals surface area contributed by atoms with E-state index in [0.29, 0.717) is 11.8 Å². The molecule has 2 rings (SSSR count). The molecule has 2 saturated carbocycles. The molecule has 0 aromatic heterocycles. The van der Waals surface area contributed by atoms with Crippen LogP contribution in [0.2, 0.25) is 0 Å². The summed E-state index contributed by atoms with van der Waals surface area (Å²) in [6.45, 7) is 12.6. The highest BCUT2D eigenvalue weighted by molar-refractivity contribution is 5.18. The van der Waals surface area contributed by atoms with E-state index in [2.05, 4.69) is 27.0 Å². The van der Waals surface area contributed by atoms with Crippen LogP contribution in [0.3, 0.4) is 0 Å². The van der Waals surface area contributed by atoms with E-state index in [1.807, 2.05) is 0 Å². The van der Waals surface area contributed by atoms with Crippen LogP contribution in [0, 0.1) is 17.3 Å². The molecule has 2 aliphatic carbocycles. The number of aliphatic hydroxyl groups is 1. The fourth-order valence-electron chi connectivity index (χ4n) is 4.01. The van der Waals surface area contributed by atoms with Gasteiger partial charge in [-0.15, -0.1) is 6.58 Å². The first-order valence-electron chi connectivity index (χ1n) is 6.45. The molecule has 2 aliphatic rings. The minimum absolute atomic E-state index is 0.0927. The van der Waals surface area contributed by atoms with Gasteiger partial charge in [0.1, 0.15) is 0 Å². The van der Waals surface area contributed by atoms with Crippen LogP contribution < -0.4 is 0 Å². The number of rotatable bonds is 2. The van der Waals surface area contributed by atoms with E-state index in [1.54, 1.807) is 0 Å². The average molecular weight is 220 g/mol. The van der Waals surface area contributed by atoms with E-state index in [4.69, 9.17) is 0 Å². The largest absolute Gasteiger partial charge is 0.393 e. The highest BCUT2D eigenvalue weighted by Gasteiger charge is 2.51. The maximum atomic E-state index is 10.2. The predicted octanol–water partition coefficient (Wildman–Crippen LogP) is 3.70. The van der Waals surface area contributed by atoms with E-state index < -0.39 is 0 Å². The average Bonchev–Trinajstić information content (AvgIpc) is 2.52. The number of allylic oxidation sites excluding steroid dienone is 2. The zero-order valence-corrected chi connectivity index (χ0v) is 10.6. The van der Waals surface area contributed by atoms with Crippen molar-refractivity contribution in [3.05, 3.63) is 24.3 Å². The highest BCUT2D eigenvalue weighted by Crippen LogP contribution is 2.57. The maximum Gasteiger partial charge on any atom is 0.0602 e. The second-order valence-corrected chi connectivity index (χ2v) is 6.16. The van der Waals surface area contributed by atoms with Crippen LogP contribution in [0.1, 0.15) is 46.0 Å². The Hall–Kier alpha value is -0.560. The van der Waals surface area contributed by atoms with Crippen LogP contribution in [0.4, 0.5) is 0 Å². The SMILES string of the molecule is C=C(C)CC1CC[C@@]2(C)C(O)CCC(=C)[C@@H]12. The monoisotopic (exact) mass is 220 g/mol. The van der Waals surface area contributed by atoms with Gasteiger partial charge in [-0.05, 0) is 50.9 Å². The Kier molecular flexibility index (Phi) is 3.00. The van der Waals surface area contributed by atoms with Crippen molar-refractivity contribution < 1.29 is 5.11 Å². The molecule has 2 unspecified atom stereocenters. The minimum Gasteiger partial charge on any atom is -0.393 e. The van der Waals surface area contributed by atoms with E-state index in [0.717, 1.165) is 25.7 Å². The van der Waals surface area contributed by atoms with Gasteiger partial charge in [-0.3, -0.25) is 0 Å². The Bertz CT molecular complexity index is 317. The lowest BCUT2D eigenvalue weighted by atomic mass is 9.63. The van der Waals surface area contributed by atoms with Crippen LogP contribution in [0.15, 0.2) is 24.3 Å². The molecule has 0 bridgehead atoms. The molecule has 0 saturated heterocycles. The van der Waals surface area contributed by atoms with Crippen LogP contribution >= 0.6 is 0 Å². The summed E-state index contributed by atoms with van der Waals surface area (Å²) >= 11 is 0. The summed E-state index contributed by atoms with van der Waals surface area (Å²) < 4.78 is 0. The first-order chi connectivity index (χ1) is 7.45. The van der Waals surface area contributed by atoms with Crippen molar-refractivity contribution in [2.24, 2.45) is 17.3 Å². The normalized spacial score (nSPS) is 43.2. The molecule has 1 nitrogen and oxygen atoms in total. The van der Waals surface area contributed by atoms with Gasteiger partial charge in [0.25, 0.3) is 0 Å². The van der Waals surface area contributed by atoms with Gasteiger partial charge in [0, 0.05) is 5.41 Å². The van der Waals surface area contributed by atoms with E-state index in [-0.39, 0.29) is 11.5 Å². The smallest absolute Gasteiger partial charge is 0.0602 e. The number of hydrogen-bond donors (Lipinski definition) is 1. The summed E-state index contributed by atoms with van der Waals surface area (Å²) in [6.07, 6.45) is 5.27. The fraction of sp³-hybridized carbons (Fsp3) is 0.733. The zero-order chi connectivity index (χ0) is 11.9. The quantitative estimate of drug-likeness (QED) is 0.704. The Morgan fingerprint density at radius 2 is 2.19 bits per heavy atom. The Morgan fingerprint density at radius 1 is 1.50 bits per heavy atom. The topological polar surface area (TPSA) is 20.2 Å². The molecule has 1 N–H and O–H groups in total. The van der Waals surface area contributed by atoms with Crippen molar-refractivity contribution in [1.29, 1.82) is 0 Å². The Balaban J connectivity index is 2.23. The molecule has 0 heterocycles. The molecular formula is C15H24O. The lowest BCUT2D eigenvalue weighted by molar-refractivity contribution is -0.0110. The van der Waals surface area contributed by atoms with E-state index in [1.165, 1.54) is 17.6 Å². The van der Waals surface area contributed by atoms with Crippen molar-refractivity contribution in [3.63, 3.8) is 0 Å². The molecule has 0 aromatic carbocycles. The van der Waals surface area contributed by atoms with Crippen LogP contribution in [-0.4, -0.2) is 11.2 Å². The Morgan fingerprint density at radius 3 is 2.81 bits per heavy atom. The number of aliphatic hydroxyl groups excluding tert-OH is 1. The van der Waals surface area contributed by atoms with Gasteiger partial charge in [0.15, 0.2) is 0 Å². The summed E-state index contributed by atoms with van der Waals surface area (Å²) in [4.78, 5) is 0. The number of hydrogen-bond acceptors (Lipinski definition) is 1. The molecule has 0 aliphatic heterocycles. The summed E-state index contributed by atoms with van der Waals surface area (Å²) in [5, 5.41) is 10.2. The number of fused-ring (bicyclic) bond motifs is 1. The van der Waals surface area contributed by atoms with E-state index in [9.17, 15) is 5.11 Å². The zero-order valence-electron chi connectivity index (χ0n) is 10.6. The molecule has 0 aromatic rings. The standard InChI is InChI=1S/C15H24O/c1-10(2)9-12-7-8-15(4)13(16)6-5-11(3)14(12)15/h12-14,16H,1,3,5-9H2,2,4H3/t12?,13?,14-,15-/m0/s1. The second kappa shape index (κ2) is 4.03. The molecule has 4 atom stereocenters. The van der Waals surface area contributed by atoms with Crippen molar-refractivity contribution in [1.82, 2.24) is 0 Å². The summed E-state index contributed by atoms with van der Waals surface area (Å²) in [5.74, 6) is 1.19. The van der Waals surface area contributed by atoms with Crippen LogP contribution in [0.5, 0.6) is 0 Å². The first kappa shape index (κ1) is 11.9. The highest BCUT2D eigenvalue weighted by atomic mass is 16.3. The fourth-order valence-corrected chi connectivity index (χ4v) is 4.01. The van der Waals surface area contributed by atoms with Gasteiger partial charge >= 0.3 is 0 Å². The lowest BCUT2D eigenvalue weighted by Gasteiger charge is -2.44. The molecule has 1 heteroatoms. The van der Waals surface area contributed by atoms with Gasteiger partial charge in [-0.25, -0.2) is 0 Å². The molecule has 0 amide bonds. The molecular weight excluding hydrogens is 196 g/mol. The van der Waals surface area contributed by atoms with Gasteiger partial charge in [-0.1, -0.05) is 24.6 Å².